The van der Waals surface area contributed by atoms with Crippen LogP contribution >= 0.6 is 0 Å². The first-order valence-electron chi connectivity index (χ1n) is 5.95. The van der Waals surface area contributed by atoms with E-state index in [4.69, 9.17) is 5.73 Å². The van der Waals surface area contributed by atoms with Crippen LogP contribution in [0.2, 0.25) is 0 Å². The zero-order valence-corrected chi connectivity index (χ0v) is 10.9. The van der Waals surface area contributed by atoms with Crippen molar-refractivity contribution in [2.24, 2.45) is 5.73 Å². The third kappa shape index (κ3) is 4.33. The second-order valence-electron chi connectivity index (χ2n) is 4.33. The van der Waals surface area contributed by atoms with Crippen LogP contribution in [0.15, 0.2) is 24.3 Å². The molecular formula is C13H20FN3O. The van der Waals surface area contributed by atoms with Crippen LogP contribution in [0.4, 0.5) is 10.1 Å². The molecule has 0 heterocycles. The van der Waals surface area contributed by atoms with Gasteiger partial charge in [-0.1, -0.05) is 6.07 Å². The van der Waals surface area contributed by atoms with E-state index < -0.39 is 0 Å². The second kappa shape index (κ2) is 6.96. The molecule has 100 valence electrons. The Morgan fingerprint density at radius 1 is 1.39 bits per heavy atom. The van der Waals surface area contributed by atoms with E-state index in [0.29, 0.717) is 18.8 Å². The summed E-state index contributed by atoms with van der Waals surface area (Å²) in [5, 5.41) is 0. The zero-order valence-electron chi connectivity index (χ0n) is 10.9. The molecule has 0 saturated carbocycles. The van der Waals surface area contributed by atoms with E-state index >= 15 is 0 Å². The van der Waals surface area contributed by atoms with Crippen LogP contribution in [0.1, 0.15) is 6.42 Å². The van der Waals surface area contributed by atoms with E-state index in [-0.39, 0.29) is 18.3 Å². The van der Waals surface area contributed by atoms with Gasteiger partial charge in [-0.3, -0.25) is 4.79 Å². The van der Waals surface area contributed by atoms with E-state index in [1.807, 2.05) is 4.90 Å². The lowest BCUT2D eigenvalue weighted by atomic mass is 10.2. The second-order valence-corrected chi connectivity index (χ2v) is 4.33. The van der Waals surface area contributed by atoms with Crippen molar-refractivity contribution in [3.63, 3.8) is 0 Å². The van der Waals surface area contributed by atoms with Crippen LogP contribution in [-0.2, 0) is 4.79 Å². The molecule has 0 aliphatic heterocycles. The van der Waals surface area contributed by atoms with Crippen molar-refractivity contribution in [1.29, 1.82) is 0 Å². The molecule has 0 aliphatic rings. The maximum Gasteiger partial charge on any atom is 0.241 e. The molecule has 0 aromatic heterocycles. The molecule has 0 atom stereocenters. The fraction of sp³-hybridized carbons (Fsp3) is 0.462. The van der Waals surface area contributed by atoms with Crippen LogP contribution in [0.25, 0.3) is 0 Å². The summed E-state index contributed by atoms with van der Waals surface area (Å²) in [6.45, 7) is 1.41. The Hall–Kier alpha value is -1.62. The third-order valence-corrected chi connectivity index (χ3v) is 2.63. The Kier molecular flexibility index (Phi) is 5.58. The molecule has 2 N–H and O–H groups in total. The average Bonchev–Trinajstić information content (AvgIpc) is 2.34. The summed E-state index contributed by atoms with van der Waals surface area (Å²) in [7, 11) is 3.41. The smallest absolute Gasteiger partial charge is 0.241 e. The van der Waals surface area contributed by atoms with Crippen molar-refractivity contribution in [1.82, 2.24) is 4.90 Å². The highest BCUT2D eigenvalue weighted by atomic mass is 19.1. The normalized spacial score (nSPS) is 10.2. The van der Waals surface area contributed by atoms with E-state index in [1.165, 1.54) is 17.0 Å². The van der Waals surface area contributed by atoms with Crippen LogP contribution in [-0.4, -0.2) is 44.5 Å². The maximum absolute atomic E-state index is 13.2. The molecule has 0 unspecified atom stereocenters. The minimum Gasteiger partial charge on any atom is -0.362 e. The van der Waals surface area contributed by atoms with Crippen molar-refractivity contribution in [2.75, 3.05) is 38.6 Å². The summed E-state index contributed by atoms with van der Waals surface area (Å²) in [6, 6.07) is 6.25. The fourth-order valence-electron chi connectivity index (χ4n) is 1.56. The fourth-order valence-corrected chi connectivity index (χ4v) is 1.56. The number of hydrogen-bond donors (Lipinski definition) is 1. The van der Waals surface area contributed by atoms with Gasteiger partial charge >= 0.3 is 0 Å². The summed E-state index contributed by atoms with van der Waals surface area (Å²) >= 11 is 0. The van der Waals surface area contributed by atoms with Gasteiger partial charge in [0.05, 0.1) is 6.54 Å². The summed E-state index contributed by atoms with van der Waals surface area (Å²) in [6.07, 6.45) is 0.761. The third-order valence-electron chi connectivity index (χ3n) is 2.63. The minimum absolute atomic E-state index is 0.0173. The number of benzene rings is 1. The SMILES string of the molecule is CN(C)C(=O)CN(CCCN)c1cccc(F)c1. The average molecular weight is 253 g/mol. The molecular weight excluding hydrogens is 233 g/mol. The number of anilines is 1. The van der Waals surface area contributed by atoms with E-state index in [1.54, 1.807) is 26.2 Å². The van der Waals surface area contributed by atoms with Gasteiger partial charge in [0.15, 0.2) is 0 Å². The van der Waals surface area contributed by atoms with Crippen LogP contribution in [0.3, 0.4) is 0 Å². The molecule has 0 aliphatic carbocycles. The first-order valence-corrected chi connectivity index (χ1v) is 5.95. The number of rotatable bonds is 6. The van der Waals surface area contributed by atoms with Crippen LogP contribution < -0.4 is 10.6 Å². The Labute approximate surface area is 107 Å². The van der Waals surface area contributed by atoms with Crippen molar-refractivity contribution < 1.29 is 9.18 Å². The minimum atomic E-state index is -0.303. The van der Waals surface area contributed by atoms with Gasteiger partial charge in [-0.25, -0.2) is 4.39 Å². The summed E-state index contributed by atoms with van der Waals surface area (Å²) in [5.74, 6) is -0.321. The van der Waals surface area contributed by atoms with Crippen molar-refractivity contribution in [3.8, 4) is 0 Å². The first kappa shape index (κ1) is 14.4. The lowest BCUT2D eigenvalue weighted by Crippen LogP contribution is -2.37. The van der Waals surface area contributed by atoms with Gasteiger partial charge in [-0.05, 0) is 31.2 Å². The van der Waals surface area contributed by atoms with Gasteiger partial charge in [0.2, 0.25) is 5.91 Å². The van der Waals surface area contributed by atoms with Gasteiger partial charge in [0, 0.05) is 26.3 Å². The first-order chi connectivity index (χ1) is 8.54. The topological polar surface area (TPSA) is 49.6 Å². The molecule has 4 nitrogen and oxygen atoms in total. The number of carbonyl (C=O) groups is 1. The molecule has 0 spiro atoms. The number of carbonyl (C=O) groups excluding carboxylic acids is 1. The molecule has 1 amide bonds. The van der Waals surface area contributed by atoms with Crippen molar-refractivity contribution in [3.05, 3.63) is 30.1 Å². The van der Waals surface area contributed by atoms with Gasteiger partial charge in [-0.15, -0.1) is 0 Å². The number of amides is 1. The van der Waals surface area contributed by atoms with Gasteiger partial charge in [-0.2, -0.15) is 0 Å². The molecule has 1 rings (SSSR count). The Morgan fingerprint density at radius 3 is 2.67 bits per heavy atom. The highest BCUT2D eigenvalue weighted by molar-refractivity contribution is 5.81. The number of hydrogen-bond acceptors (Lipinski definition) is 3. The molecule has 18 heavy (non-hydrogen) atoms. The predicted octanol–water partition coefficient (Wildman–Crippen LogP) is 1.07. The zero-order chi connectivity index (χ0) is 13.5. The summed E-state index contributed by atoms with van der Waals surface area (Å²) in [5.41, 5.74) is 6.19. The number of likely N-dealkylation sites (N-methyl/N-ethyl adjacent to an activating group) is 1. The van der Waals surface area contributed by atoms with Gasteiger partial charge < -0.3 is 15.5 Å². The lowest BCUT2D eigenvalue weighted by molar-refractivity contribution is -0.127. The predicted molar refractivity (Wildman–Crippen MR) is 71.0 cm³/mol. The standard InChI is InChI=1S/C13H20FN3O/c1-16(2)13(18)10-17(8-4-7-15)12-6-3-5-11(14)9-12/h3,5-6,9H,4,7-8,10,15H2,1-2H3. The molecule has 1 aromatic rings. The van der Waals surface area contributed by atoms with E-state index in [0.717, 1.165) is 6.42 Å². The van der Waals surface area contributed by atoms with Crippen molar-refractivity contribution >= 4 is 11.6 Å². The van der Waals surface area contributed by atoms with Gasteiger partial charge in [0.25, 0.3) is 0 Å². The quantitative estimate of drug-likeness (QED) is 0.825. The monoisotopic (exact) mass is 253 g/mol. The highest BCUT2D eigenvalue weighted by Crippen LogP contribution is 2.15. The molecule has 5 heteroatoms. The number of halogens is 1. The highest BCUT2D eigenvalue weighted by Gasteiger charge is 2.13. The number of nitrogens with two attached hydrogens (primary N) is 1. The summed E-state index contributed by atoms with van der Waals surface area (Å²) in [4.78, 5) is 15.1. The molecule has 0 fully saturated rings. The maximum atomic E-state index is 13.2. The van der Waals surface area contributed by atoms with Crippen LogP contribution in [0, 0.1) is 5.82 Å². The Morgan fingerprint density at radius 2 is 2.11 bits per heavy atom. The van der Waals surface area contributed by atoms with E-state index in [2.05, 4.69) is 0 Å². The van der Waals surface area contributed by atoms with E-state index in [9.17, 15) is 9.18 Å². The molecule has 0 saturated heterocycles. The summed E-state index contributed by atoms with van der Waals surface area (Å²) < 4.78 is 13.2. The lowest BCUT2D eigenvalue weighted by Gasteiger charge is -2.25. The van der Waals surface area contributed by atoms with Crippen LogP contribution in [0.5, 0.6) is 0 Å². The van der Waals surface area contributed by atoms with Gasteiger partial charge in [0.1, 0.15) is 5.82 Å². The Balaban J connectivity index is 2.80. The number of nitrogens with zero attached hydrogens (tertiary/aromatic N) is 2. The molecule has 0 bridgehead atoms. The molecule has 1 aromatic carbocycles. The Bertz CT molecular complexity index is 396. The molecule has 0 radical (unpaired) electrons. The van der Waals surface area contributed by atoms with Crippen molar-refractivity contribution in [2.45, 2.75) is 6.42 Å². The largest absolute Gasteiger partial charge is 0.362 e.